The van der Waals surface area contributed by atoms with Gasteiger partial charge in [-0.15, -0.1) is 0 Å². The Kier molecular flexibility index (Phi) is 7.11. The van der Waals surface area contributed by atoms with E-state index in [1.807, 2.05) is 5.10 Å². The van der Waals surface area contributed by atoms with Crippen molar-refractivity contribution in [2.75, 3.05) is 49.1 Å². The van der Waals surface area contributed by atoms with Crippen molar-refractivity contribution in [2.45, 2.75) is 25.1 Å². The van der Waals surface area contributed by atoms with Gasteiger partial charge in [0, 0.05) is 51.3 Å². The van der Waals surface area contributed by atoms with Crippen LogP contribution in [0.15, 0.2) is 48.0 Å². The maximum absolute atomic E-state index is 13.6. The summed E-state index contributed by atoms with van der Waals surface area (Å²) in [7, 11) is 0. The summed E-state index contributed by atoms with van der Waals surface area (Å²) in [6.07, 6.45) is 5.25. The number of ether oxygens (including phenoxy) is 1. The van der Waals surface area contributed by atoms with E-state index >= 15 is 0 Å². The molecule has 0 aromatic carbocycles. The average Bonchev–Trinajstić information content (AvgIpc) is 3.40. The van der Waals surface area contributed by atoms with Crippen LogP contribution in [0, 0.1) is 0 Å². The fourth-order valence-corrected chi connectivity index (χ4v) is 4.79. The molecule has 11 nitrogen and oxygen atoms in total. The van der Waals surface area contributed by atoms with Gasteiger partial charge in [-0.1, -0.05) is 0 Å². The summed E-state index contributed by atoms with van der Waals surface area (Å²) < 4.78 is 46.6. The molecule has 2 aliphatic heterocycles. The van der Waals surface area contributed by atoms with Gasteiger partial charge in [0.15, 0.2) is 0 Å². The fourth-order valence-electron chi connectivity index (χ4n) is 4.79. The molecule has 38 heavy (non-hydrogen) atoms. The van der Waals surface area contributed by atoms with Gasteiger partial charge in [-0.2, -0.15) is 18.3 Å². The van der Waals surface area contributed by atoms with E-state index in [1.54, 1.807) is 29.6 Å². The molecule has 0 saturated carbocycles. The first-order chi connectivity index (χ1) is 18.3. The Morgan fingerprint density at radius 1 is 1.05 bits per heavy atom. The molecule has 0 spiro atoms. The number of halogens is 3. The van der Waals surface area contributed by atoms with Gasteiger partial charge in [0.2, 0.25) is 0 Å². The Balaban J connectivity index is 1.22. The van der Waals surface area contributed by atoms with Crippen molar-refractivity contribution in [3.8, 4) is 5.75 Å². The van der Waals surface area contributed by atoms with Crippen molar-refractivity contribution in [1.82, 2.24) is 30.0 Å². The predicted molar refractivity (Wildman–Crippen MR) is 130 cm³/mol. The highest BCUT2D eigenvalue weighted by Gasteiger charge is 2.40. The van der Waals surface area contributed by atoms with E-state index in [1.165, 1.54) is 17.3 Å². The lowest BCUT2D eigenvalue weighted by atomic mass is 10.2. The van der Waals surface area contributed by atoms with Crippen molar-refractivity contribution in [3.05, 3.63) is 64.7 Å². The smallest absolute Gasteiger partial charge is 0.423 e. The van der Waals surface area contributed by atoms with Crippen LogP contribution in [0.4, 0.5) is 24.7 Å². The zero-order valence-corrected chi connectivity index (χ0v) is 20.3. The molecule has 0 radical (unpaired) electrons. The van der Waals surface area contributed by atoms with Gasteiger partial charge in [-0.3, -0.25) is 19.6 Å². The second-order valence-electron chi connectivity index (χ2n) is 9.01. The molecule has 1 unspecified atom stereocenters. The van der Waals surface area contributed by atoms with Crippen LogP contribution in [0.3, 0.4) is 0 Å². The first-order valence-corrected chi connectivity index (χ1v) is 12.1. The van der Waals surface area contributed by atoms with E-state index in [0.717, 1.165) is 12.0 Å². The van der Waals surface area contributed by atoms with Gasteiger partial charge in [0.05, 0.1) is 35.9 Å². The molecule has 2 saturated heterocycles. The van der Waals surface area contributed by atoms with E-state index in [2.05, 4.69) is 25.0 Å². The Morgan fingerprint density at radius 2 is 1.87 bits per heavy atom. The molecule has 1 N–H and O–H groups in total. The van der Waals surface area contributed by atoms with Gasteiger partial charge in [0.25, 0.3) is 11.5 Å². The first-order valence-electron chi connectivity index (χ1n) is 12.1. The third-order valence-electron chi connectivity index (χ3n) is 6.65. The third kappa shape index (κ3) is 5.38. The van der Waals surface area contributed by atoms with Crippen LogP contribution < -0.4 is 20.1 Å². The van der Waals surface area contributed by atoms with Gasteiger partial charge >= 0.3 is 6.18 Å². The quantitative estimate of drug-likeness (QED) is 0.510. The molecule has 1 amide bonds. The van der Waals surface area contributed by atoms with Crippen LogP contribution in [-0.4, -0.2) is 81.3 Å². The molecule has 1 atom stereocenters. The SMILES string of the molecule is O=C(c1cncc(OCC2CCCN2c2cn[nH]c(=O)c2C(F)(F)F)c1)N1CCN(c2cnccn2)CC1. The van der Waals surface area contributed by atoms with Crippen LogP contribution in [0.5, 0.6) is 5.75 Å². The summed E-state index contributed by atoms with van der Waals surface area (Å²) >= 11 is 0. The number of rotatable bonds is 6. The fraction of sp³-hybridized carbons (Fsp3) is 0.417. The maximum Gasteiger partial charge on any atom is 0.423 e. The minimum Gasteiger partial charge on any atom is -0.490 e. The Hall–Kier alpha value is -4.23. The number of hydrogen-bond acceptors (Lipinski definition) is 9. The summed E-state index contributed by atoms with van der Waals surface area (Å²) in [5, 5.41) is 5.43. The molecular weight excluding hydrogens is 505 g/mol. The number of nitrogens with one attached hydrogen (secondary N) is 1. The number of pyridine rings is 1. The number of nitrogens with zero attached hydrogens (tertiary/aromatic N) is 7. The molecule has 2 aliphatic rings. The van der Waals surface area contributed by atoms with E-state index in [-0.39, 0.29) is 18.2 Å². The number of alkyl halides is 3. The molecular formula is C24H25F3N8O3. The average molecular weight is 531 g/mol. The van der Waals surface area contributed by atoms with Crippen molar-refractivity contribution >= 4 is 17.4 Å². The molecule has 2 fully saturated rings. The lowest BCUT2D eigenvalue weighted by Crippen LogP contribution is -2.49. The molecule has 200 valence electrons. The highest BCUT2D eigenvalue weighted by molar-refractivity contribution is 5.94. The number of H-pyrrole nitrogens is 1. The molecule has 14 heteroatoms. The second kappa shape index (κ2) is 10.6. The van der Waals surface area contributed by atoms with Gasteiger partial charge < -0.3 is 19.4 Å². The lowest BCUT2D eigenvalue weighted by molar-refractivity contribution is -0.138. The predicted octanol–water partition coefficient (Wildman–Crippen LogP) is 1.98. The topological polar surface area (TPSA) is 120 Å². The van der Waals surface area contributed by atoms with Crippen molar-refractivity contribution < 1.29 is 22.7 Å². The Labute approximate surface area is 215 Å². The number of aromatic amines is 1. The van der Waals surface area contributed by atoms with Crippen LogP contribution in [0.2, 0.25) is 0 Å². The van der Waals surface area contributed by atoms with Crippen LogP contribution >= 0.6 is 0 Å². The molecule has 5 heterocycles. The monoisotopic (exact) mass is 530 g/mol. The highest BCUT2D eigenvalue weighted by atomic mass is 19.4. The summed E-state index contributed by atoms with van der Waals surface area (Å²) in [5.41, 5.74) is -2.46. The summed E-state index contributed by atoms with van der Waals surface area (Å²) in [6.45, 7) is 2.62. The number of amides is 1. The summed E-state index contributed by atoms with van der Waals surface area (Å²) in [5.74, 6) is 0.908. The first kappa shape index (κ1) is 25.4. The van der Waals surface area contributed by atoms with Crippen LogP contribution in [0.1, 0.15) is 28.8 Å². The standard InChI is InChI=1S/C24H25F3N8O3/c25-24(26,27)21-19(13-31-32-22(21)36)35-5-1-2-17(35)15-38-18-10-16(11-29-12-18)23(37)34-8-6-33(7-9-34)20-14-28-3-4-30-20/h3-4,10-14,17H,1-2,5-9,15H2,(H,32,36). The van der Waals surface area contributed by atoms with E-state index in [4.69, 9.17) is 4.74 Å². The van der Waals surface area contributed by atoms with E-state index in [9.17, 15) is 22.8 Å². The Morgan fingerprint density at radius 3 is 2.61 bits per heavy atom. The van der Waals surface area contributed by atoms with Crippen molar-refractivity contribution in [1.29, 1.82) is 0 Å². The van der Waals surface area contributed by atoms with Gasteiger partial charge in [-0.25, -0.2) is 10.1 Å². The molecule has 0 bridgehead atoms. The molecule has 3 aromatic rings. The minimum atomic E-state index is -4.82. The number of aromatic nitrogens is 5. The van der Waals surface area contributed by atoms with E-state index in [0.29, 0.717) is 56.9 Å². The maximum atomic E-state index is 13.6. The molecule has 5 rings (SSSR count). The van der Waals surface area contributed by atoms with E-state index < -0.39 is 23.3 Å². The normalized spacial score (nSPS) is 18.1. The second-order valence-corrected chi connectivity index (χ2v) is 9.01. The highest BCUT2D eigenvalue weighted by Crippen LogP contribution is 2.36. The van der Waals surface area contributed by atoms with Crippen molar-refractivity contribution in [2.24, 2.45) is 0 Å². The zero-order valence-electron chi connectivity index (χ0n) is 20.3. The number of anilines is 2. The molecule has 0 aliphatic carbocycles. The minimum absolute atomic E-state index is 0.0558. The van der Waals surface area contributed by atoms with Gasteiger partial charge in [-0.05, 0) is 18.9 Å². The van der Waals surface area contributed by atoms with Crippen LogP contribution in [-0.2, 0) is 6.18 Å². The largest absolute Gasteiger partial charge is 0.490 e. The van der Waals surface area contributed by atoms with Crippen LogP contribution in [0.25, 0.3) is 0 Å². The van der Waals surface area contributed by atoms with Gasteiger partial charge in [0.1, 0.15) is 23.7 Å². The van der Waals surface area contributed by atoms with Crippen molar-refractivity contribution in [3.63, 3.8) is 0 Å². The number of piperazine rings is 1. The summed E-state index contributed by atoms with van der Waals surface area (Å²) in [4.78, 5) is 42.8. The summed E-state index contributed by atoms with van der Waals surface area (Å²) in [6, 6.07) is 1.17. The number of carbonyl (C=O) groups excluding carboxylic acids is 1. The molecule has 3 aromatic heterocycles. The lowest BCUT2D eigenvalue weighted by Gasteiger charge is -2.35. The zero-order chi connectivity index (χ0) is 26.7. The third-order valence-corrected chi connectivity index (χ3v) is 6.65. The number of hydrogen-bond donors (Lipinski definition) is 1. The number of carbonyl (C=O) groups is 1. The Bertz CT molecular complexity index is 1330.